The first-order valence-electron chi connectivity index (χ1n) is 11.0. The summed E-state index contributed by atoms with van der Waals surface area (Å²) in [4.78, 5) is 16.1. The molecule has 0 amide bonds. The summed E-state index contributed by atoms with van der Waals surface area (Å²) in [6.07, 6.45) is -4.50. The van der Waals surface area contributed by atoms with Crippen molar-refractivity contribution in [1.82, 2.24) is 9.55 Å². The second kappa shape index (κ2) is 10.4. The van der Waals surface area contributed by atoms with E-state index in [4.69, 9.17) is 16.3 Å². The van der Waals surface area contributed by atoms with Crippen LogP contribution in [0.5, 0.6) is 5.75 Å². The molecule has 14 heteroatoms. The van der Waals surface area contributed by atoms with Gasteiger partial charge in [-0.05, 0) is 42.0 Å². The summed E-state index contributed by atoms with van der Waals surface area (Å²) in [5, 5.41) is 21.8. The smallest absolute Gasteiger partial charge is 0.421 e. The number of benzene rings is 2. The van der Waals surface area contributed by atoms with Crippen LogP contribution < -0.4 is 15.6 Å². The SMILES string of the molecule is COc1ccc(C(Nc2cc(F)cc3c2ccc(=O)n3-c2ccc(F)nc2)C(O)(CO)C(F)(F)F)c(Cl)c1F. The molecule has 2 aromatic carbocycles. The summed E-state index contributed by atoms with van der Waals surface area (Å²) in [7, 11) is 1.10. The van der Waals surface area contributed by atoms with E-state index in [0.717, 1.165) is 54.3 Å². The van der Waals surface area contributed by atoms with Crippen LogP contribution in [0.1, 0.15) is 11.6 Å². The molecule has 0 aliphatic heterocycles. The standard InChI is InChI=1S/C25H18ClF6N3O4/c1-39-18-5-3-15(21(26)22(18)29)23(24(38,11-36)25(30,31)32)34-16-8-12(27)9-17-14(16)4-7-20(37)35(17)13-2-6-19(28)33-10-13/h2-10,23,34,36,38H,11H2,1H3. The molecule has 2 unspecified atom stereocenters. The number of rotatable bonds is 7. The summed E-state index contributed by atoms with van der Waals surface area (Å²) in [5.41, 5.74) is -5.83. The number of nitrogens with zero attached hydrogens (tertiary/aromatic N) is 2. The Bertz CT molecular complexity index is 1600. The van der Waals surface area contributed by atoms with E-state index in [2.05, 4.69) is 10.3 Å². The van der Waals surface area contributed by atoms with E-state index in [1.54, 1.807) is 0 Å². The van der Waals surface area contributed by atoms with Crippen LogP contribution in [-0.2, 0) is 0 Å². The number of pyridine rings is 2. The minimum atomic E-state index is -5.50. The van der Waals surface area contributed by atoms with Crippen molar-refractivity contribution in [1.29, 1.82) is 0 Å². The van der Waals surface area contributed by atoms with Crippen molar-refractivity contribution >= 4 is 28.2 Å². The lowest BCUT2D eigenvalue weighted by Crippen LogP contribution is -2.55. The Kier molecular flexibility index (Phi) is 7.52. The lowest BCUT2D eigenvalue weighted by Gasteiger charge is -2.38. The fourth-order valence-corrected chi connectivity index (χ4v) is 4.34. The third-order valence-corrected chi connectivity index (χ3v) is 6.45. The summed E-state index contributed by atoms with van der Waals surface area (Å²) < 4.78 is 91.0. The molecule has 3 N–H and O–H groups in total. The van der Waals surface area contributed by atoms with Crippen LogP contribution in [0.2, 0.25) is 5.02 Å². The molecule has 0 fully saturated rings. The average Bonchev–Trinajstić information content (AvgIpc) is 2.88. The van der Waals surface area contributed by atoms with Crippen molar-refractivity contribution in [2.75, 3.05) is 19.0 Å². The maximum Gasteiger partial charge on any atom is 0.421 e. The van der Waals surface area contributed by atoms with Crippen LogP contribution in [0.15, 0.2) is 59.5 Å². The van der Waals surface area contributed by atoms with Gasteiger partial charge in [0.2, 0.25) is 11.5 Å². The van der Waals surface area contributed by atoms with Crippen molar-refractivity contribution in [2.24, 2.45) is 0 Å². The maximum atomic E-state index is 14.8. The van der Waals surface area contributed by atoms with Crippen molar-refractivity contribution in [3.05, 3.63) is 93.2 Å². The van der Waals surface area contributed by atoms with Gasteiger partial charge in [0.05, 0.1) is 42.2 Å². The number of fused-ring (bicyclic) bond motifs is 1. The van der Waals surface area contributed by atoms with Gasteiger partial charge in [0.15, 0.2) is 11.6 Å². The second-order valence-electron chi connectivity index (χ2n) is 8.37. The van der Waals surface area contributed by atoms with Gasteiger partial charge in [-0.1, -0.05) is 17.7 Å². The molecular formula is C25H18ClF6N3O4. The van der Waals surface area contributed by atoms with Gasteiger partial charge in [-0.25, -0.2) is 13.8 Å². The average molecular weight is 574 g/mol. The summed E-state index contributed by atoms with van der Waals surface area (Å²) in [6.45, 7) is -1.89. The molecule has 0 aliphatic rings. The monoisotopic (exact) mass is 573 g/mol. The van der Waals surface area contributed by atoms with Crippen LogP contribution in [0.4, 0.5) is 32.0 Å². The number of hydrogen-bond donors (Lipinski definition) is 3. The zero-order valence-corrected chi connectivity index (χ0v) is 20.5. The lowest BCUT2D eigenvalue weighted by atomic mass is 9.87. The van der Waals surface area contributed by atoms with Gasteiger partial charge < -0.3 is 20.3 Å². The molecule has 2 atom stereocenters. The van der Waals surface area contributed by atoms with E-state index in [1.807, 2.05) is 0 Å². The van der Waals surface area contributed by atoms with Crippen LogP contribution in [0.25, 0.3) is 16.6 Å². The van der Waals surface area contributed by atoms with Crippen LogP contribution in [-0.4, -0.2) is 45.3 Å². The number of anilines is 1. The minimum Gasteiger partial charge on any atom is -0.494 e. The van der Waals surface area contributed by atoms with Gasteiger partial charge in [-0.3, -0.25) is 9.36 Å². The Labute approximate surface area is 220 Å². The van der Waals surface area contributed by atoms with E-state index in [-0.39, 0.29) is 22.3 Å². The topological polar surface area (TPSA) is 96.6 Å². The molecule has 4 rings (SSSR count). The highest BCUT2D eigenvalue weighted by Crippen LogP contribution is 2.45. The maximum absolute atomic E-state index is 14.8. The van der Waals surface area contributed by atoms with Gasteiger partial charge in [0.25, 0.3) is 5.56 Å². The number of alkyl halides is 3. The third kappa shape index (κ3) is 5.00. The van der Waals surface area contributed by atoms with Gasteiger partial charge in [0.1, 0.15) is 5.82 Å². The number of aromatic nitrogens is 2. The number of halogens is 7. The van der Waals surface area contributed by atoms with Gasteiger partial charge in [-0.2, -0.15) is 17.6 Å². The number of nitrogens with one attached hydrogen (secondary N) is 1. The molecule has 0 bridgehead atoms. The Balaban J connectivity index is 1.99. The molecule has 0 radical (unpaired) electrons. The van der Waals surface area contributed by atoms with E-state index in [1.165, 1.54) is 12.1 Å². The molecule has 206 valence electrons. The highest BCUT2D eigenvalue weighted by atomic mass is 35.5. The molecule has 0 aliphatic carbocycles. The zero-order chi connectivity index (χ0) is 28.7. The lowest BCUT2D eigenvalue weighted by molar-refractivity contribution is -0.277. The number of ether oxygens (including phenoxy) is 1. The molecule has 2 heterocycles. The first-order chi connectivity index (χ1) is 18.3. The van der Waals surface area contributed by atoms with Gasteiger partial charge >= 0.3 is 6.18 Å². The van der Waals surface area contributed by atoms with Gasteiger partial charge in [0, 0.05) is 17.1 Å². The normalized spacial score (nSPS) is 14.2. The predicted octanol–water partition coefficient (Wildman–Crippen LogP) is 4.90. The molecule has 0 saturated heterocycles. The Morgan fingerprint density at radius 1 is 1.10 bits per heavy atom. The molecule has 0 spiro atoms. The van der Waals surface area contributed by atoms with Crippen LogP contribution in [0.3, 0.4) is 0 Å². The Morgan fingerprint density at radius 2 is 1.82 bits per heavy atom. The first-order valence-corrected chi connectivity index (χ1v) is 11.4. The quantitative estimate of drug-likeness (QED) is 0.215. The van der Waals surface area contributed by atoms with E-state index in [9.17, 15) is 41.4 Å². The molecule has 4 aromatic rings. The highest BCUT2D eigenvalue weighted by molar-refractivity contribution is 6.31. The summed E-state index contributed by atoms with van der Waals surface area (Å²) in [6, 6.07) is 5.50. The Hall–Kier alpha value is -3.81. The van der Waals surface area contributed by atoms with Crippen molar-refractivity contribution in [3.8, 4) is 11.4 Å². The number of hydrogen-bond acceptors (Lipinski definition) is 6. The third-order valence-electron chi connectivity index (χ3n) is 6.06. The van der Waals surface area contributed by atoms with Crippen molar-refractivity contribution in [2.45, 2.75) is 17.8 Å². The van der Waals surface area contributed by atoms with Crippen LogP contribution >= 0.6 is 11.6 Å². The van der Waals surface area contributed by atoms with E-state index >= 15 is 0 Å². The number of methoxy groups -OCH3 is 1. The summed E-state index contributed by atoms with van der Waals surface area (Å²) in [5.74, 6) is -3.53. The highest BCUT2D eigenvalue weighted by Gasteiger charge is 2.59. The molecule has 7 nitrogen and oxygen atoms in total. The van der Waals surface area contributed by atoms with Crippen molar-refractivity contribution < 1.29 is 41.3 Å². The first kappa shape index (κ1) is 28.2. The fourth-order valence-electron chi connectivity index (χ4n) is 4.08. The van der Waals surface area contributed by atoms with E-state index in [0.29, 0.717) is 0 Å². The molecular weight excluding hydrogens is 556 g/mol. The van der Waals surface area contributed by atoms with Gasteiger partial charge in [-0.15, -0.1) is 0 Å². The van der Waals surface area contributed by atoms with E-state index < -0.39 is 63.9 Å². The Morgan fingerprint density at radius 3 is 2.41 bits per heavy atom. The zero-order valence-electron chi connectivity index (χ0n) is 19.7. The second-order valence-corrected chi connectivity index (χ2v) is 8.75. The van der Waals surface area contributed by atoms with Crippen molar-refractivity contribution in [3.63, 3.8) is 0 Å². The summed E-state index contributed by atoms with van der Waals surface area (Å²) >= 11 is 6.03. The molecule has 39 heavy (non-hydrogen) atoms. The molecule has 2 aromatic heterocycles. The number of aliphatic hydroxyl groups excluding tert-OH is 1. The predicted molar refractivity (Wildman–Crippen MR) is 130 cm³/mol. The largest absolute Gasteiger partial charge is 0.494 e. The fraction of sp³-hybridized carbons (Fsp3) is 0.200. The molecule has 0 saturated carbocycles. The minimum absolute atomic E-state index is 0.0162. The number of aliphatic hydroxyl groups is 2. The van der Waals surface area contributed by atoms with Crippen LogP contribution in [0, 0.1) is 17.6 Å².